The van der Waals surface area contributed by atoms with Crippen LogP contribution in [-0.2, 0) is 0 Å². The molecule has 0 saturated carbocycles. The number of carbonyl (C=O) groups excluding carboxylic acids is 1. The zero-order chi connectivity index (χ0) is 16.1. The monoisotopic (exact) mass is 336 g/mol. The molecule has 3 nitrogen and oxygen atoms in total. The summed E-state index contributed by atoms with van der Waals surface area (Å²) in [6.45, 7) is 0. The summed E-state index contributed by atoms with van der Waals surface area (Å²) in [6, 6.07) is 10.2. The van der Waals surface area contributed by atoms with Crippen LogP contribution in [0.5, 0.6) is 11.5 Å². The minimum absolute atomic E-state index is 0.137. The van der Waals surface area contributed by atoms with E-state index in [9.17, 15) is 4.79 Å². The molecule has 0 unspecified atom stereocenters. The topological polar surface area (TPSA) is 35.5 Å². The average Bonchev–Trinajstić information content (AvgIpc) is 2.53. The third-order valence-corrected chi connectivity index (χ3v) is 3.70. The molecule has 0 aromatic heterocycles. The molecule has 0 amide bonds. The van der Waals surface area contributed by atoms with Gasteiger partial charge in [-0.1, -0.05) is 23.2 Å². The molecule has 5 heteroatoms. The van der Waals surface area contributed by atoms with Gasteiger partial charge in [0, 0.05) is 10.6 Å². The van der Waals surface area contributed by atoms with Crippen LogP contribution in [0.15, 0.2) is 42.5 Å². The molecular weight excluding hydrogens is 323 g/mol. The van der Waals surface area contributed by atoms with Crippen LogP contribution >= 0.6 is 23.2 Å². The van der Waals surface area contributed by atoms with E-state index in [1.54, 1.807) is 42.5 Å². The lowest BCUT2D eigenvalue weighted by Crippen LogP contribution is -1.94. The molecule has 0 bridgehead atoms. The zero-order valence-electron chi connectivity index (χ0n) is 12.1. The van der Waals surface area contributed by atoms with Gasteiger partial charge in [0.25, 0.3) is 0 Å². The van der Waals surface area contributed by atoms with Crippen LogP contribution in [-0.4, -0.2) is 20.0 Å². The Labute approximate surface area is 139 Å². The maximum absolute atomic E-state index is 12.1. The number of rotatable bonds is 5. The van der Waals surface area contributed by atoms with E-state index in [1.165, 1.54) is 20.3 Å². The first kappa shape index (κ1) is 16.4. The average molecular weight is 337 g/mol. The maximum Gasteiger partial charge on any atom is 0.185 e. The highest BCUT2D eigenvalue weighted by Crippen LogP contribution is 2.37. The summed E-state index contributed by atoms with van der Waals surface area (Å²) >= 11 is 12.1. The summed E-state index contributed by atoms with van der Waals surface area (Å²) in [7, 11) is 3.05. The van der Waals surface area contributed by atoms with Crippen molar-refractivity contribution in [1.29, 1.82) is 0 Å². The smallest absolute Gasteiger partial charge is 0.185 e. The van der Waals surface area contributed by atoms with Gasteiger partial charge in [0.15, 0.2) is 17.3 Å². The van der Waals surface area contributed by atoms with Crippen molar-refractivity contribution in [3.8, 4) is 11.5 Å². The Hall–Kier alpha value is -1.97. The van der Waals surface area contributed by atoms with Gasteiger partial charge in [-0.15, -0.1) is 0 Å². The van der Waals surface area contributed by atoms with Crippen LogP contribution in [0.25, 0.3) is 6.08 Å². The van der Waals surface area contributed by atoms with Crippen LogP contribution < -0.4 is 9.47 Å². The number of hydrogen-bond donors (Lipinski definition) is 0. The molecule has 0 saturated heterocycles. The molecule has 0 aliphatic heterocycles. The van der Waals surface area contributed by atoms with Crippen molar-refractivity contribution in [3.63, 3.8) is 0 Å². The molecule has 0 N–H and O–H groups in total. The minimum Gasteiger partial charge on any atom is -0.493 e. The van der Waals surface area contributed by atoms with E-state index >= 15 is 0 Å². The molecule has 0 aliphatic carbocycles. The number of carbonyl (C=O) groups is 1. The summed E-state index contributed by atoms with van der Waals surface area (Å²) in [5, 5.41) is 0.977. The Morgan fingerprint density at radius 1 is 1.00 bits per heavy atom. The van der Waals surface area contributed by atoms with Gasteiger partial charge in [0.1, 0.15) is 0 Å². The molecule has 0 heterocycles. The summed E-state index contributed by atoms with van der Waals surface area (Å²) in [6.07, 6.45) is 3.09. The molecule has 2 rings (SSSR count). The Morgan fingerprint density at radius 2 is 1.68 bits per heavy atom. The first-order valence-corrected chi connectivity index (χ1v) is 7.21. The van der Waals surface area contributed by atoms with Crippen molar-refractivity contribution in [3.05, 3.63) is 63.6 Å². The van der Waals surface area contributed by atoms with Gasteiger partial charge in [-0.3, -0.25) is 4.79 Å². The van der Waals surface area contributed by atoms with Crippen LogP contribution in [0.3, 0.4) is 0 Å². The molecule has 0 atom stereocenters. The molecule has 22 heavy (non-hydrogen) atoms. The lowest BCUT2D eigenvalue weighted by molar-refractivity contribution is 0.104. The van der Waals surface area contributed by atoms with Gasteiger partial charge in [0.05, 0.1) is 19.2 Å². The van der Waals surface area contributed by atoms with Crippen molar-refractivity contribution in [2.45, 2.75) is 0 Å². The van der Waals surface area contributed by atoms with E-state index in [4.69, 9.17) is 32.7 Å². The van der Waals surface area contributed by atoms with E-state index < -0.39 is 0 Å². The first-order chi connectivity index (χ1) is 10.6. The Bertz CT molecular complexity index is 707. The summed E-state index contributed by atoms with van der Waals surface area (Å²) in [5.41, 5.74) is 1.22. The van der Waals surface area contributed by atoms with Gasteiger partial charge in [-0.25, -0.2) is 0 Å². The fourth-order valence-corrected chi connectivity index (χ4v) is 2.33. The van der Waals surface area contributed by atoms with E-state index in [2.05, 4.69) is 0 Å². The number of methoxy groups -OCH3 is 2. The molecule has 0 spiro atoms. The molecule has 0 radical (unpaired) electrons. The quantitative estimate of drug-likeness (QED) is 0.575. The number of benzene rings is 2. The molecule has 2 aromatic rings. The highest BCUT2D eigenvalue weighted by Gasteiger charge is 2.11. The SMILES string of the molecule is COc1ccc(/C=C/C(=O)c2ccc(Cl)cc2)c(Cl)c1OC. The lowest BCUT2D eigenvalue weighted by atomic mass is 10.1. The van der Waals surface area contributed by atoms with E-state index in [0.717, 1.165) is 0 Å². The number of hydrogen-bond acceptors (Lipinski definition) is 3. The van der Waals surface area contributed by atoms with Gasteiger partial charge in [0.2, 0.25) is 0 Å². The van der Waals surface area contributed by atoms with E-state index in [0.29, 0.717) is 32.7 Å². The standard InChI is InChI=1S/C17H14Cl2O3/c1-21-15-10-6-12(16(19)17(15)22-2)5-9-14(20)11-3-7-13(18)8-4-11/h3-10H,1-2H3/b9-5+. The van der Waals surface area contributed by atoms with Crippen molar-refractivity contribution < 1.29 is 14.3 Å². The Balaban J connectivity index is 2.26. The zero-order valence-corrected chi connectivity index (χ0v) is 13.6. The Kier molecular flexibility index (Phi) is 5.47. The van der Waals surface area contributed by atoms with Crippen LogP contribution in [0.2, 0.25) is 10.0 Å². The molecule has 2 aromatic carbocycles. The molecule has 114 valence electrons. The largest absolute Gasteiger partial charge is 0.493 e. The third-order valence-electron chi connectivity index (χ3n) is 3.06. The number of ether oxygens (including phenoxy) is 2. The molecule has 0 fully saturated rings. The number of ketones is 1. The van der Waals surface area contributed by atoms with Gasteiger partial charge in [-0.2, -0.15) is 0 Å². The highest BCUT2D eigenvalue weighted by molar-refractivity contribution is 6.34. The minimum atomic E-state index is -0.137. The van der Waals surface area contributed by atoms with Gasteiger partial charge < -0.3 is 9.47 Å². The second-order valence-corrected chi connectivity index (χ2v) is 5.22. The fourth-order valence-electron chi connectivity index (χ4n) is 1.91. The summed E-state index contributed by atoms with van der Waals surface area (Å²) in [5.74, 6) is 0.835. The Morgan fingerprint density at radius 3 is 2.27 bits per heavy atom. The fraction of sp³-hybridized carbons (Fsp3) is 0.118. The number of halogens is 2. The second-order valence-electron chi connectivity index (χ2n) is 4.41. The summed E-state index contributed by atoms with van der Waals surface area (Å²) in [4.78, 5) is 12.1. The molecular formula is C17H14Cl2O3. The highest BCUT2D eigenvalue weighted by atomic mass is 35.5. The number of allylic oxidation sites excluding steroid dienone is 1. The maximum atomic E-state index is 12.1. The van der Waals surface area contributed by atoms with Crippen LogP contribution in [0.4, 0.5) is 0 Å². The van der Waals surface area contributed by atoms with Crippen molar-refractivity contribution in [2.75, 3.05) is 14.2 Å². The second kappa shape index (κ2) is 7.34. The van der Waals surface area contributed by atoms with Crippen molar-refractivity contribution >= 4 is 35.1 Å². The molecule has 0 aliphatic rings. The van der Waals surface area contributed by atoms with Gasteiger partial charge >= 0.3 is 0 Å². The first-order valence-electron chi connectivity index (χ1n) is 6.45. The lowest BCUT2D eigenvalue weighted by Gasteiger charge is -2.10. The normalized spacial score (nSPS) is 10.7. The van der Waals surface area contributed by atoms with E-state index in [1.807, 2.05) is 0 Å². The van der Waals surface area contributed by atoms with Crippen LogP contribution in [0.1, 0.15) is 15.9 Å². The summed E-state index contributed by atoms with van der Waals surface area (Å²) < 4.78 is 10.4. The van der Waals surface area contributed by atoms with E-state index in [-0.39, 0.29) is 5.78 Å². The predicted molar refractivity (Wildman–Crippen MR) is 89.4 cm³/mol. The third kappa shape index (κ3) is 3.62. The van der Waals surface area contributed by atoms with Crippen molar-refractivity contribution in [1.82, 2.24) is 0 Å². The predicted octanol–water partition coefficient (Wildman–Crippen LogP) is 4.91. The van der Waals surface area contributed by atoms with Gasteiger partial charge in [-0.05, 0) is 54.1 Å². The van der Waals surface area contributed by atoms with Crippen molar-refractivity contribution in [2.24, 2.45) is 0 Å². The van der Waals surface area contributed by atoms with Crippen LogP contribution in [0, 0.1) is 0 Å².